The van der Waals surface area contributed by atoms with Gasteiger partial charge in [-0.1, -0.05) is 29.5 Å². The molecule has 0 aliphatic carbocycles. The van der Waals surface area contributed by atoms with Gasteiger partial charge >= 0.3 is 5.97 Å². The topological polar surface area (TPSA) is 66.6 Å². The number of para-hydroxylation sites is 1. The van der Waals surface area contributed by atoms with Crippen molar-refractivity contribution in [3.8, 4) is 0 Å². The second kappa shape index (κ2) is 6.80. The Balaban J connectivity index is 1.95. The molecule has 0 fully saturated rings. The number of hydrogen-bond donors (Lipinski definition) is 2. The molecule has 0 atom stereocenters. The van der Waals surface area contributed by atoms with Crippen molar-refractivity contribution in [1.82, 2.24) is 9.99 Å². The van der Waals surface area contributed by atoms with Crippen molar-refractivity contribution in [3.05, 3.63) is 57.5 Å². The van der Waals surface area contributed by atoms with Crippen LogP contribution in [0.2, 0.25) is 0 Å². The molecule has 2 aromatic heterocycles. The lowest BCUT2D eigenvalue weighted by Gasteiger charge is -2.03. The van der Waals surface area contributed by atoms with Crippen LogP contribution in [0.15, 0.2) is 53.0 Å². The Morgan fingerprint density at radius 2 is 2.17 bits per heavy atom. The largest absolute Gasteiger partial charge is 0.481 e. The Hall–Kier alpha value is -2.38. The number of carboxylic acid groups (broad SMARTS) is 1. The molecule has 7 heteroatoms. The molecule has 5 nitrogen and oxygen atoms in total. The first-order valence-corrected chi connectivity index (χ1v) is 8.65. The Morgan fingerprint density at radius 3 is 2.87 bits per heavy atom. The molecule has 3 aromatic rings. The van der Waals surface area contributed by atoms with E-state index in [2.05, 4.69) is 16.6 Å². The van der Waals surface area contributed by atoms with Gasteiger partial charge in [0.1, 0.15) is 0 Å². The fourth-order valence-electron chi connectivity index (χ4n) is 2.12. The predicted molar refractivity (Wildman–Crippen MR) is 94.0 cm³/mol. The van der Waals surface area contributed by atoms with Gasteiger partial charge in [0, 0.05) is 7.05 Å². The number of fused-ring (bicyclic) bond motifs is 1. The highest BCUT2D eigenvalue weighted by atomic mass is 32.1. The van der Waals surface area contributed by atoms with Crippen molar-refractivity contribution < 1.29 is 9.90 Å². The molecule has 0 aliphatic rings. The van der Waals surface area contributed by atoms with Gasteiger partial charge in [0.2, 0.25) is 4.80 Å². The van der Waals surface area contributed by atoms with E-state index in [1.165, 1.54) is 11.3 Å². The van der Waals surface area contributed by atoms with Crippen LogP contribution < -0.4 is 10.2 Å². The number of aliphatic carboxylic acids is 1. The molecule has 0 radical (unpaired) electrons. The van der Waals surface area contributed by atoms with Gasteiger partial charge in [0.25, 0.3) is 0 Å². The van der Waals surface area contributed by atoms with Gasteiger partial charge in [-0.05, 0) is 29.7 Å². The number of rotatable bonds is 5. The molecule has 1 aromatic carbocycles. The molecule has 0 spiro atoms. The second-order valence-electron chi connectivity index (χ2n) is 4.83. The van der Waals surface area contributed by atoms with Crippen molar-refractivity contribution in [2.75, 3.05) is 0 Å². The second-order valence-corrected chi connectivity index (χ2v) is 6.78. The third-order valence-corrected chi connectivity index (χ3v) is 5.27. The molecule has 0 saturated heterocycles. The lowest BCUT2D eigenvalue weighted by molar-refractivity contribution is -0.135. The first-order chi connectivity index (χ1) is 11.1. The highest BCUT2D eigenvalue weighted by molar-refractivity contribution is 7.16. The fraction of sp³-hybridized carbons (Fsp3) is 0.125. The number of nitrogens with one attached hydrogen (secondary N) is 1. The van der Waals surface area contributed by atoms with Crippen molar-refractivity contribution >= 4 is 44.6 Å². The van der Waals surface area contributed by atoms with Gasteiger partial charge in [-0.2, -0.15) is 0 Å². The van der Waals surface area contributed by atoms with E-state index in [0.29, 0.717) is 5.70 Å². The van der Waals surface area contributed by atoms with Crippen molar-refractivity contribution in [1.29, 1.82) is 0 Å². The van der Waals surface area contributed by atoms with Gasteiger partial charge < -0.3 is 9.67 Å². The number of aromatic nitrogens is 1. The zero-order chi connectivity index (χ0) is 16.2. The minimum absolute atomic E-state index is 0.0473. The summed E-state index contributed by atoms with van der Waals surface area (Å²) in [5.41, 5.74) is 4.84. The molecule has 0 amide bonds. The molecule has 2 N–H and O–H groups in total. The fourth-order valence-corrected chi connectivity index (χ4v) is 3.82. The summed E-state index contributed by atoms with van der Waals surface area (Å²) in [5, 5.41) is 15.3. The maximum Gasteiger partial charge on any atom is 0.307 e. The molecule has 0 unspecified atom stereocenters. The quantitative estimate of drug-likeness (QED) is 0.698. The standard InChI is InChI=1S/C16H15N3O2S2/c1-19-12-5-2-3-6-14(12)23-16(19)18-17-11(8-9-15(20)21)13-7-4-10-22-13/h2-8,10,17H,9H2,1H3,(H,20,21)/b11-8?,18-16-. The minimum Gasteiger partial charge on any atom is -0.481 e. The Bertz CT molecular complexity index is 920. The van der Waals surface area contributed by atoms with Crippen molar-refractivity contribution in [2.45, 2.75) is 6.42 Å². The summed E-state index contributed by atoms with van der Waals surface area (Å²) >= 11 is 3.12. The van der Waals surface area contributed by atoms with Crippen molar-refractivity contribution in [3.63, 3.8) is 0 Å². The molecule has 2 heterocycles. The molecule has 0 aliphatic heterocycles. The maximum atomic E-state index is 10.8. The summed E-state index contributed by atoms with van der Waals surface area (Å²) in [6.45, 7) is 0. The summed E-state index contributed by atoms with van der Waals surface area (Å²) in [6, 6.07) is 12.0. The van der Waals surface area contributed by atoms with Crippen molar-refractivity contribution in [2.24, 2.45) is 12.1 Å². The van der Waals surface area contributed by atoms with Crippen LogP contribution in [0.1, 0.15) is 11.3 Å². The molecule has 118 valence electrons. The van der Waals surface area contributed by atoms with Crippen LogP contribution in [0.5, 0.6) is 0 Å². The third-order valence-electron chi connectivity index (χ3n) is 3.25. The summed E-state index contributed by atoms with van der Waals surface area (Å²) in [7, 11) is 1.96. The Kier molecular flexibility index (Phi) is 4.59. The molecule has 3 rings (SSSR count). The minimum atomic E-state index is -0.867. The maximum absolute atomic E-state index is 10.8. The van der Waals surface area contributed by atoms with E-state index in [0.717, 1.165) is 19.9 Å². The first-order valence-electron chi connectivity index (χ1n) is 6.95. The van der Waals surface area contributed by atoms with Crippen LogP contribution in [-0.4, -0.2) is 15.6 Å². The Labute approximate surface area is 140 Å². The van der Waals surface area contributed by atoms with Crippen LogP contribution in [0, 0.1) is 0 Å². The highest BCUT2D eigenvalue weighted by Crippen LogP contribution is 2.19. The van der Waals surface area contributed by atoms with E-state index in [9.17, 15) is 4.79 Å². The summed E-state index contributed by atoms with van der Waals surface area (Å²) in [5.74, 6) is -0.867. The number of nitrogens with zero attached hydrogens (tertiary/aromatic N) is 2. The Morgan fingerprint density at radius 1 is 1.35 bits per heavy atom. The summed E-state index contributed by atoms with van der Waals surface area (Å²) in [6.07, 6.45) is 1.60. The van der Waals surface area contributed by atoms with E-state index < -0.39 is 5.97 Å². The number of thiazole rings is 1. The molecular weight excluding hydrogens is 330 g/mol. The van der Waals surface area contributed by atoms with Crippen LogP contribution in [0.25, 0.3) is 15.9 Å². The van der Waals surface area contributed by atoms with Crippen LogP contribution in [0.3, 0.4) is 0 Å². The molecule has 0 saturated carbocycles. The highest BCUT2D eigenvalue weighted by Gasteiger charge is 2.05. The van der Waals surface area contributed by atoms with E-state index in [1.54, 1.807) is 17.4 Å². The van der Waals surface area contributed by atoms with Gasteiger partial charge in [0.15, 0.2) is 0 Å². The number of benzene rings is 1. The SMILES string of the molecule is Cn1/c(=N/NC(=CCC(=O)O)c2cccs2)sc2ccccc21. The average molecular weight is 345 g/mol. The zero-order valence-electron chi connectivity index (χ0n) is 12.4. The predicted octanol–water partition coefficient (Wildman–Crippen LogP) is 3.22. The van der Waals surface area contributed by atoms with E-state index in [-0.39, 0.29) is 6.42 Å². The van der Waals surface area contributed by atoms with Crippen LogP contribution in [0.4, 0.5) is 0 Å². The smallest absolute Gasteiger partial charge is 0.307 e. The molecule has 0 bridgehead atoms. The van der Waals surface area contributed by atoms with Crippen LogP contribution >= 0.6 is 22.7 Å². The van der Waals surface area contributed by atoms with E-state index >= 15 is 0 Å². The van der Waals surface area contributed by atoms with E-state index in [4.69, 9.17) is 5.11 Å². The van der Waals surface area contributed by atoms with Crippen LogP contribution in [-0.2, 0) is 11.8 Å². The zero-order valence-corrected chi connectivity index (χ0v) is 14.0. The lowest BCUT2D eigenvalue weighted by Crippen LogP contribution is -2.16. The van der Waals surface area contributed by atoms with Gasteiger partial charge in [-0.15, -0.1) is 16.4 Å². The number of hydrogen-bond acceptors (Lipinski definition) is 5. The number of thiophene rings is 1. The van der Waals surface area contributed by atoms with E-state index in [1.807, 2.05) is 47.3 Å². The van der Waals surface area contributed by atoms with Gasteiger partial charge in [-0.3, -0.25) is 10.2 Å². The molecular formula is C16H15N3O2S2. The number of carboxylic acids is 1. The first kappa shape index (κ1) is 15.5. The molecule has 23 heavy (non-hydrogen) atoms. The van der Waals surface area contributed by atoms with Gasteiger partial charge in [-0.25, -0.2) is 0 Å². The average Bonchev–Trinajstić information content (AvgIpc) is 3.17. The summed E-state index contributed by atoms with van der Waals surface area (Å²) in [4.78, 5) is 12.6. The summed E-state index contributed by atoms with van der Waals surface area (Å²) < 4.78 is 3.17. The van der Waals surface area contributed by atoms with Gasteiger partial charge in [0.05, 0.1) is 27.2 Å². The lowest BCUT2D eigenvalue weighted by atomic mass is 10.3. The normalized spacial score (nSPS) is 12.7. The number of aryl methyl sites for hydroxylation is 1. The third kappa shape index (κ3) is 3.52. The number of carbonyl (C=O) groups is 1. The monoisotopic (exact) mass is 345 g/mol.